The molecular formula is C15H17F2N3O. The quantitative estimate of drug-likeness (QED) is 0.910. The number of halogens is 2. The van der Waals surface area contributed by atoms with Crippen LogP contribution in [0.3, 0.4) is 0 Å². The molecule has 0 saturated heterocycles. The van der Waals surface area contributed by atoms with Crippen LogP contribution >= 0.6 is 0 Å². The molecule has 0 aliphatic carbocycles. The minimum atomic E-state index is -0.560. The van der Waals surface area contributed by atoms with Gasteiger partial charge in [-0.25, -0.2) is 8.78 Å². The van der Waals surface area contributed by atoms with Gasteiger partial charge in [-0.1, -0.05) is 0 Å². The lowest BCUT2D eigenvalue weighted by molar-refractivity contribution is 0.0939. The second-order valence-electron chi connectivity index (χ2n) is 5.08. The number of nitrogens with two attached hydrogens (primary N) is 1. The lowest BCUT2D eigenvalue weighted by Gasteiger charge is -2.13. The summed E-state index contributed by atoms with van der Waals surface area (Å²) in [5, 5.41) is 2.57. The summed E-state index contributed by atoms with van der Waals surface area (Å²) in [6.07, 6.45) is 1.67. The van der Waals surface area contributed by atoms with Gasteiger partial charge in [-0.15, -0.1) is 0 Å². The normalized spacial score (nSPS) is 10.9. The fraction of sp³-hybridized carbons (Fsp3) is 0.267. The van der Waals surface area contributed by atoms with Gasteiger partial charge in [-0.2, -0.15) is 0 Å². The summed E-state index contributed by atoms with van der Waals surface area (Å²) in [4.78, 5) is 12.1. The number of carbonyl (C=O) groups is 1. The predicted molar refractivity (Wildman–Crippen MR) is 76.8 cm³/mol. The molecule has 0 unspecified atom stereocenters. The SMILES string of the molecule is CC(C)n1cc(N)cc1C(=O)NCc1cc(F)ccc1F. The number of hydrogen-bond acceptors (Lipinski definition) is 2. The van der Waals surface area contributed by atoms with E-state index in [-0.39, 0.29) is 24.1 Å². The van der Waals surface area contributed by atoms with Gasteiger partial charge in [0, 0.05) is 24.3 Å². The van der Waals surface area contributed by atoms with Crippen LogP contribution in [0.4, 0.5) is 14.5 Å². The first kappa shape index (κ1) is 15.0. The maximum atomic E-state index is 13.5. The molecule has 2 rings (SSSR count). The second-order valence-corrected chi connectivity index (χ2v) is 5.08. The van der Waals surface area contributed by atoms with Crippen LogP contribution in [0.1, 0.15) is 35.9 Å². The molecule has 0 bridgehead atoms. The Morgan fingerprint density at radius 1 is 1.33 bits per heavy atom. The number of hydrogen-bond donors (Lipinski definition) is 2. The van der Waals surface area contributed by atoms with Crippen molar-refractivity contribution in [1.29, 1.82) is 0 Å². The van der Waals surface area contributed by atoms with E-state index < -0.39 is 11.6 Å². The molecule has 0 spiro atoms. The molecule has 0 fully saturated rings. The van der Waals surface area contributed by atoms with Gasteiger partial charge in [0.25, 0.3) is 5.91 Å². The van der Waals surface area contributed by atoms with Gasteiger partial charge in [0.2, 0.25) is 0 Å². The van der Waals surface area contributed by atoms with Crippen LogP contribution in [0.15, 0.2) is 30.5 Å². The standard InChI is InChI=1S/C15H17F2N3O/c1-9(2)20-8-12(18)6-14(20)15(21)19-7-10-5-11(16)3-4-13(10)17/h3-6,8-9H,7,18H2,1-2H3,(H,19,21). The zero-order valence-corrected chi connectivity index (χ0v) is 11.9. The number of amides is 1. The van der Waals surface area contributed by atoms with E-state index in [1.807, 2.05) is 13.8 Å². The summed E-state index contributed by atoms with van der Waals surface area (Å²) in [6.45, 7) is 3.75. The summed E-state index contributed by atoms with van der Waals surface area (Å²) < 4.78 is 28.3. The van der Waals surface area contributed by atoms with Crippen molar-refractivity contribution >= 4 is 11.6 Å². The Morgan fingerprint density at radius 3 is 2.71 bits per heavy atom. The van der Waals surface area contributed by atoms with Crippen molar-refractivity contribution in [3.8, 4) is 0 Å². The van der Waals surface area contributed by atoms with Gasteiger partial charge in [0.1, 0.15) is 17.3 Å². The number of nitrogens with one attached hydrogen (secondary N) is 1. The van der Waals surface area contributed by atoms with E-state index >= 15 is 0 Å². The fourth-order valence-electron chi connectivity index (χ4n) is 2.05. The maximum absolute atomic E-state index is 13.5. The number of aromatic nitrogens is 1. The van der Waals surface area contributed by atoms with Crippen molar-refractivity contribution in [2.45, 2.75) is 26.4 Å². The highest BCUT2D eigenvalue weighted by Gasteiger charge is 2.15. The molecular weight excluding hydrogens is 276 g/mol. The minimum Gasteiger partial charge on any atom is -0.397 e. The van der Waals surface area contributed by atoms with E-state index in [1.165, 1.54) is 0 Å². The Hall–Kier alpha value is -2.37. The molecule has 1 aromatic carbocycles. The van der Waals surface area contributed by atoms with Crippen molar-refractivity contribution in [2.24, 2.45) is 0 Å². The van der Waals surface area contributed by atoms with Crippen LogP contribution in [0.25, 0.3) is 0 Å². The van der Waals surface area contributed by atoms with Crippen LogP contribution in [0, 0.1) is 11.6 Å². The van der Waals surface area contributed by atoms with Crippen LogP contribution in [-0.4, -0.2) is 10.5 Å². The lowest BCUT2D eigenvalue weighted by Crippen LogP contribution is -2.26. The Kier molecular flexibility index (Phi) is 4.26. The van der Waals surface area contributed by atoms with E-state index in [0.29, 0.717) is 11.4 Å². The summed E-state index contributed by atoms with van der Waals surface area (Å²) in [5.41, 5.74) is 6.66. The zero-order valence-electron chi connectivity index (χ0n) is 11.9. The zero-order chi connectivity index (χ0) is 15.6. The van der Waals surface area contributed by atoms with E-state index in [9.17, 15) is 13.6 Å². The second kappa shape index (κ2) is 5.95. The highest BCUT2D eigenvalue weighted by Crippen LogP contribution is 2.17. The molecule has 0 saturated carbocycles. The average molecular weight is 293 g/mol. The number of benzene rings is 1. The summed E-state index contributed by atoms with van der Waals surface area (Å²) in [5.74, 6) is -1.49. The first-order valence-corrected chi connectivity index (χ1v) is 6.58. The van der Waals surface area contributed by atoms with Crippen LogP contribution < -0.4 is 11.1 Å². The summed E-state index contributed by atoms with van der Waals surface area (Å²) in [6, 6.07) is 4.74. The smallest absolute Gasteiger partial charge is 0.268 e. The molecule has 0 aliphatic heterocycles. The van der Waals surface area contributed by atoms with E-state index in [2.05, 4.69) is 5.32 Å². The minimum absolute atomic E-state index is 0.0638. The summed E-state index contributed by atoms with van der Waals surface area (Å²) >= 11 is 0. The van der Waals surface area contributed by atoms with Crippen LogP contribution in [-0.2, 0) is 6.54 Å². The first-order valence-electron chi connectivity index (χ1n) is 6.58. The molecule has 4 nitrogen and oxygen atoms in total. The van der Waals surface area contributed by atoms with Gasteiger partial charge >= 0.3 is 0 Å². The van der Waals surface area contributed by atoms with E-state index in [1.54, 1.807) is 16.8 Å². The molecule has 1 amide bonds. The first-order chi connectivity index (χ1) is 9.88. The molecule has 112 valence electrons. The number of anilines is 1. The third-order valence-electron chi connectivity index (χ3n) is 3.11. The van der Waals surface area contributed by atoms with Gasteiger partial charge in [0.05, 0.1) is 5.69 Å². The average Bonchev–Trinajstić information content (AvgIpc) is 2.82. The van der Waals surface area contributed by atoms with Gasteiger partial charge in [0.15, 0.2) is 0 Å². The van der Waals surface area contributed by atoms with Crippen molar-refractivity contribution in [1.82, 2.24) is 9.88 Å². The third kappa shape index (κ3) is 3.39. The number of nitrogen functional groups attached to an aromatic ring is 1. The molecule has 2 aromatic rings. The predicted octanol–water partition coefficient (Wildman–Crippen LogP) is 2.86. The Morgan fingerprint density at radius 2 is 2.05 bits per heavy atom. The maximum Gasteiger partial charge on any atom is 0.268 e. The van der Waals surface area contributed by atoms with E-state index in [4.69, 9.17) is 5.73 Å². The number of rotatable bonds is 4. The van der Waals surface area contributed by atoms with Crippen molar-refractivity contribution in [3.05, 3.63) is 53.4 Å². The largest absolute Gasteiger partial charge is 0.397 e. The molecule has 3 N–H and O–H groups in total. The van der Waals surface area contributed by atoms with Gasteiger partial charge in [-0.3, -0.25) is 4.79 Å². The van der Waals surface area contributed by atoms with Gasteiger partial charge < -0.3 is 15.6 Å². The number of carbonyl (C=O) groups excluding carboxylic acids is 1. The van der Waals surface area contributed by atoms with E-state index in [0.717, 1.165) is 18.2 Å². The topological polar surface area (TPSA) is 60.0 Å². The van der Waals surface area contributed by atoms with Crippen molar-refractivity contribution < 1.29 is 13.6 Å². The molecule has 21 heavy (non-hydrogen) atoms. The molecule has 0 aliphatic rings. The molecule has 0 atom stereocenters. The highest BCUT2D eigenvalue weighted by molar-refractivity contribution is 5.93. The highest BCUT2D eigenvalue weighted by atomic mass is 19.1. The van der Waals surface area contributed by atoms with Gasteiger partial charge in [-0.05, 0) is 38.1 Å². The fourth-order valence-corrected chi connectivity index (χ4v) is 2.05. The number of nitrogens with zero attached hydrogens (tertiary/aromatic N) is 1. The third-order valence-corrected chi connectivity index (χ3v) is 3.11. The summed E-state index contributed by atoms with van der Waals surface area (Å²) in [7, 11) is 0. The molecule has 1 aromatic heterocycles. The Bertz CT molecular complexity index is 665. The molecule has 0 radical (unpaired) electrons. The van der Waals surface area contributed by atoms with Crippen molar-refractivity contribution in [3.63, 3.8) is 0 Å². The Labute approximate surface area is 121 Å². The monoisotopic (exact) mass is 293 g/mol. The van der Waals surface area contributed by atoms with Crippen LogP contribution in [0.2, 0.25) is 0 Å². The molecule has 1 heterocycles. The Balaban J connectivity index is 2.14. The lowest BCUT2D eigenvalue weighted by atomic mass is 10.2. The molecule has 6 heteroatoms. The van der Waals surface area contributed by atoms with Crippen LogP contribution in [0.5, 0.6) is 0 Å². The van der Waals surface area contributed by atoms with Crippen molar-refractivity contribution in [2.75, 3.05) is 5.73 Å².